The SMILES string of the molecule is CN(Cc1ccccc1)Cc1ccc(NC(=O)NC2c3cc(C#N)ccc3OC(C)(C)C2O)cc1. The first-order valence-corrected chi connectivity index (χ1v) is 11.6. The fourth-order valence-electron chi connectivity index (χ4n) is 4.29. The van der Waals surface area contributed by atoms with E-state index in [4.69, 9.17) is 4.74 Å². The maximum Gasteiger partial charge on any atom is 0.319 e. The number of hydrogen-bond donors (Lipinski definition) is 3. The van der Waals surface area contributed by atoms with Crippen LogP contribution in [0.5, 0.6) is 5.75 Å². The second kappa shape index (κ2) is 10.2. The van der Waals surface area contributed by atoms with Crippen molar-refractivity contribution in [2.75, 3.05) is 12.4 Å². The Kier molecular flexibility index (Phi) is 7.06. The highest BCUT2D eigenvalue weighted by Crippen LogP contribution is 2.40. The first kappa shape index (κ1) is 24.3. The van der Waals surface area contributed by atoms with Crippen molar-refractivity contribution < 1.29 is 14.6 Å². The number of carbonyl (C=O) groups is 1. The van der Waals surface area contributed by atoms with Gasteiger partial charge in [-0.25, -0.2) is 4.79 Å². The van der Waals surface area contributed by atoms with Crippen LogP contribution in [0.4, 0.5) is 10.5 Å². The van der Waals surface area contributed by atoms with E-state index in [2.05, 4.69) is 40.8 Å². The van der Waals surface area contributed by atoms with E-state index in [0.717, 1.165) is 18.7 Å². The number of aliphatic hydroxyl groups excluding tert-OH is 1. The summed E-state index contributed by atoms with van der Waals surface area (Å²) in [7, 11) is 2.07. The molecule has 1 aliphatic heterocycles. The van der Waals surface area contributed by atoms with Crippen molar-refractivity contribution in [2.24, 2.45) is 0 Å². The number of nitrogens with one attached hydrogen (secondary N) is 2. The number of nitrogens with zero attached hydrogens (tertiary/aromatic N) is 2. The topological polar surface area (TPSA) is 97.6 Å². The molecule has 3 aromatic rings. The summed E-state index contributed by atoms with van der Waals surface area (Å²) in [5.41, 5.74) is 3.12. The van der Waals surface area contributed by atoms with Crippen molar-refractivity contribution in [2.45, 2.75) is 44.7 Å². The van der Waals surface area contributed by atoms with Crippen LogP contribution in [-0.4, -0.2) is 34.8 Å². The van der Waals surface area contributed by atoms with Gasteiger partial charge in [-0.3, -0.25) is 4.90 Å². The fourth-order valence-corrected chi connectivity index (χ4v) is 4.29. The Morgan fingerprint density at radius 1 is 1.06 bits per heavy atom. The van der Waals surface area contributed by atoms with Crippen LogP contribution in [0, 0.1) is 11.3 Å². The minimum atomic E-state index is -1.00. The molecule has 2 unspecified atom stereocenters. The minimum absolute atomic E-state index is 0.430. The fraction of sp³-hybridized carbons (Fsp3) is 0.286. The first-order chi connectivity index (χ1) is 16.7. The summed E-state index contributed by atoms with van der Waals surface area (Å²) in [5.74, 6) is 0.536. The standard InChI is InChI=1S/C28H30N4O3/c1-28(2)26(33)25(23-15-21(16-29)11-14-24(23)35-28)31-27(34)30-22-12-9-20(10-13-22)18-32(3)17-19-7-5-4-6-8-19/h4-15,25-26,33H,17-18H2,1-3H3,(H2,30,31,34). The smallest absolute Gasteiger partial charge is 0.319 e. The third-order valence-corrected chi connectivity index (χ3v) is 6.12. The summed E-state index contributed by atoms with van der Waals surface area (Å²) < 4.78 is 5.91. The van der Waals surface area contributed by atoms with Crippen LogP contribution in [0.1, 0.15) is 42.1 Å². The number of hydrogen-bond acceptors (Lipinski definition) is 5. The van der Waals surface area contributed by atoms with Crippen LogP contribution in [-0.2, 0) is 13.1 Å². The summed E-state index contributed by atoms with van der Waals surface area (Å²) in [4.78, 5) is 15.0. The zero-order chi connectivity index (χ0) is 25.0. The highest BCUT2D eigenvalue weighted by atomic mass is 16.5. The van der Waals surface area contributed by atoms with Gasteiger partial charge >= 0.3 is 6.03 Å². The van der Waals surface area contributed by atoms with E-state index in [1.54, 1.807) is 32.0 Å². The lowest BCUT2D eigenvalue weighted by atomic mass is 9.86. The van der Waals surface area contributed by atoms with Crippen molar-refractivity contribution in [1.82, 2.24) is 10.2 Å². The molecule has 3 aromatic carbocycles. The van der Waals surface area contributed by atoms with Crippen molar-refractivity contribution in [3.63, 3.8) is 0 Å². The van der Waals surface area contributed by atoms with E-state index in [-0.39, 0.29) is 0 Å². The number of ether oxygens (including phenoxy) is 1. The molecule has 35 heavy (non-hydrogen) atoms. The van der Waals surface area contributed by atoms with Crippen LogP contribution in [0.3, 0.4) is 0 Å². The Bertz CT molecular complexity index is 1220. The summed E-state index contributed by atoms with van der Waals surface area (Å²) in [6.07, 6.45) is -1.00. The Morgan fingerprint density at radius 2 is 1.71 bits per heavy atom. The second-order valence-electron chi connectivity index (χ2n) is 9.45. The lowest BCUT2D eigenvalue weighted by Crippen LogP contribution is -2.54. The summed E-state index contributed by atoms with van der Waals surface area (Å²) in [6.45, 7) is 5.16. The van der Waals surface area contributed by atoms with Gasteiger partial charge in [0.2, 0.25) is 0 Å². The summed E-state index contributed by atoms with van der Waals surface area (Å²) in [6, 6.07) is 23.9. The first-order valence-electron chi connectivity index (χ1n) is 11.6. The number of anilines is 1. The molecule has 2 atom stereocenters. The van der Waals surface area contributed by atoms with E-state index in [1.165, 1.54) is 5.56 Å². The van der Waals surface area contributed by atoms with Crippen molar-refractivity contribution in [3.8, 4) is 11.8 Å². The molecule has 2 amide bonds. The maximum absolute atomic E-state index is 12.8. The van der Waals surface area contributed by atoms with Gasteiger partial charge in [0.1, 0.15) is 17.5 Å². The van der Waals surface area contributed by atoms with Gasteiger partial charge in [0.05, 0.1) is 17.7 Å². The normalized spacial score (nSPS) is 18.2. The van der Waals surface area contributed by atoms with E-state index >= 15 is 0 Å². The molecule has 0 fully saturated rings. The van der Waals surface area contributed by atoms with Crippen LogP contribution in [0.25, 0.3) is 0 Å². The zero-order valence-electron chi connectivity index (χ0n) is 20.2. The monoisotopic (exact) mass is 470 g/mol. The molecule has 7 nitrogen and oxygen atoms in total. The number of nitriles is 1. The predicted octanol–water partition coefficient (Wildman–Crippen LogP) is 4.58. The van der Waals surface area contributed by atoms with Gasteiger partial charge in [0, 0.05) is 24.3 Å². The Balaban J connectivity index is 1.40. The van der Waals surface area contributed by atoms with Gasteiger partial charge in [-0.05, 0) is 62.4 Å². The third kappa shape index (κ3) is 5.80. The quantitative estimate of drug-likeness (QED) is 0.490. The summed E-state index contributed by atoms with van der Waals surface area (Å²) in [5, 5.41) is 25.9. The molecule has 1 aliphatic rings. The van der Waals surface area contributed by atoms with Crippen molar-refractivity contribution in [3.05, 3.63) is 95.1 Å². The molecular weight excluding hydrogens is 440 g/mol. The number of benzene rings is 3. The number of carbonyl (C=O) groups excluding carboxylic acids is 1. The number of urea groups is 1. The van der Waals surface area contributed by atoms with Gasteiger partial charge in [0.15, 0.2) is 0 Å². The molecule has 0 saturated carbocycles. The van der Waals surface area contributed by atoms with Gasteiger partial charge in [-0.1, -0.05) is 42.5 Å². The third-order valence-electron chi connectivity index (χ3n) is 6.12. The highest BCUT2D eigenvalue weighted by Gasteiger charge is 2.43. The zero-order valence-corrected chi connectivity index (χ0v) is 20.2. The maximum atomic E-state index is 12.8. The van der Waals surface area contributed by atoms with Crippen LogP contribution in [0.15, 0.2) is 72.8 Å². The van der Waals surface area contributed by atoms with E-state index in [1.807, 2.05) is 42.5 Å². The van der Waals surface area contributed by atoms with Crippen LogP contribution < -0.4 is 15.4 Å². The molecular formula is C28H30N4O3. The lowest BCUT2D eigenvalue weighted by molar-refractivity contribution is -0.0618. The average Bonchev–Trinajstić information content (AvgIpc) is 2.83. The second-order valence-corrected chi connectivity index (χ2v) is 9.45. The van der Waals surface area contributed by atoms with Gasteiger partial charge < -0.3 is 20.5 Å². The molecule has 7 heteroatoms. The average molecular weight is 471 g/mol. The molecule has 0 spiro atoms. The predicted molar refractivity (Wildman–Crippen MR) is 135 cm³/mol. The molecule has 0 radical (unpaired) electrons. The van der Waals surface area contributed by atoms with Gasteiger partial charge in [-0.15, -0.1) is 0 Å². The van der Waals surface area contributed by atoms with Gasteiger partial charge in [-0.2, -0.15) is 5.26 Å². The number of amides is 2. The Labute approximate surface area is 206 Å². The van der Waals surface area contributed by atoms with Crippen LogP contribution in [0.2, 0.25) is 0 Å². The van der Waals surface area contributed by atoms with Crippen LogP contribution >= 0.6 is 0 Å². The highest BCUT2D eigenvalue weighted by molar-refractivity contribution is 5.89. The Morgan fingerprint density at radius 3 is 2.37 bits per heavy atom. The van der Waals surface area contributed by atoms with Crippen molar-refractivity contribution in [1.29, 1.82) is 5.26 Å². The molecule has 180 valence electrons. The molecule has 3 N–H and O–H groups in total. The number of aliphatic hydroxyl groups is 1. The van der Waals surface area contributed by atoms with E-state index < -0.39 is 23.8 Å². The molecule has 1 heterocycles. The van der Waals surface area contributed by atoms with Crippen molar-refractivity contribution >= 4 is 11.7 Å². The van der Waals surface area contributed by atoms with E-state index in [0.29, 0.717) is 22.6 Å². The van der Waals surface area contributed by atoms with Gasteiger partial charge in [0.25, 0.3) is 0 Å². The Hall–Kier alpha value is -3.86. The lowest BCUT2D eigenvalue weighted by Gasteiger charge is -2.42. The molecule has 0 aromatic heterocycles. The molecule has 0 bridgehead atoms. The molecule has 4 rings (SSSR count). The summed E-state index contributed by atoms with van der Waals surface area (Å²) >= 11 is 0. The number of rotatable bonds is 6. The molecule has 0 saturated heterocycles. The largest absolute Gasteiger partial charge is 0.485 e. The molecule has 0 aliphatic carbocycles. The van der Waals surface area contributed by atoms with E-state index in [9.17, 15) is 15.2 Å². The minimum Gasteiger partial charge on any atom is -0.485 e. The number of fused-ring (bicyclic) bond motifs is 1.